The summed E-state index contributed by atoms with van der Waals surface area (Å²) in [4.78, 5) is 0. The molecule has 0 aliphatic rings. The van der Waals surface area contributed by atoms with Crippen molar-refractivity contribution in [3.8, 4) is 0 Å². The highest BCUT2D eigenvalue weighted by Crippen LogP contribution is 2.09. The Labute approximate surface area is 117 Å². The molecule has 0 radical (unpaired) electrons. The number of nitrogens with two attached hydrogens (primary N) is 1. The first kappa shape index (κ1) is 18.2. The van der Waals surface area contributed by atoms with E-state index >= 15 is 0 Å². The molecule has 1 unspecified atom stereocenters. The summed E-state index contributed by atoms with van der Waals surface area (Å²) in [6.45, 7) is 6.32. The molecule has 0 rings (SSSR count). The molecule has 0 saturated carbocycles. The molecule has 5 heteroatoms. The summed E-state index contributed by atoms with van der Waals surface area (Å²) in [7, 11) is -2.34. The Hall–Kier alpha value is -0.810. The molecule has 19 heavy (non-hydrogen) atoms. The van der Waals surface area contributed by atoms with E-state index in [4.69, 9.17) is 5.73 Å². The summed E-state index contributed by atoms with van der Waals surface area (Å²) >= 11 is 0. The van der Waals surface area contributed by atoms with E-state index in [1.807, 2.05) is 13.8 Å². The highest BCUT2D eigenvalue weighted by molar-refractivity contribution is 7.98. The average molecular weight is 290 g/mol. The van der Waals surface area contributed by atoms with Crippen molar-refractivity contribution < 1.29 is 8.60 Å². The molecule has 112 valence electrons. The molecule has 3 nitrogen and oxygen atoms in total. The summed E-state index contributed by atoms with van der Waals surface area (Å²) in [5.41, 5.74) is 6.00. The van der Waals surface area contributed by atoms with Crippen LogP contribution in [0.2, 0.25) is 0 Å². The van der Waals surface area contributed by atoms with Gasteiger partial charge < -0.3 is 10.5 Å². The van der Waals surface area contributed by atoms with Crippen molar-refractivity contribution in [3.05, 3.63) is 23.7 Å². The number of hydrogen-bond donors (Lipinski definition) is 2. The molecule has 0 aliphatic heterocycles. The minimum atomic E-state index is -2.34. The lowest BCUT2D eigenvalue weighted by molar-refractivity contribution is 0.565. The minimum absolute atomic E-state index is 0.186. The van der Waals surface area contributed by atoms with Gasteiger partial charge in [-0.1, -0.05) is 13.8 Å². The fraction of sp³-hybridized carbons (Fsp3) is 0.643. The second-order valence-corrected chi connectivity index (χ2v) is 7.34. The van der Waals surface area contributed by atoms with Gasteiger partial charge in [0, 0.05) is 21.2 Å². The van der Waals surface area contributed by atoms with Gasteiger partial charge in [0.25, 0.3) is 0 Å². The fourth-order valence-corrected chi connectivity index (χ4v) is 3.46. The third-order valence-electron chi connectivity index (χ3n) is 2.33. The van der Waals surface area contributed by atoms with Gasteiger partial charge >= 0.3 is 0 Å². The molecule has 0 bridgehead atoms. The van der Waals surface area contributed by atoms with Crippen LogP contribution in [0.4, 0.5) is 4.39 Å². The molecule has 0 amide bonds. The maximum atomic E-state index is 13.4. The highest BCUT2D eigenvalue weighted by atomic mass is 32.2. The Morgan fingerprint density at radius 2 is 2.05 bits per heavy atom. The van der Waals surface area contributed by atoms with Crippen molar-refractivity contribution in [2.45, 2.75) is 40.0 Å². The smallest absolute Gasteiger partial charge is 0.1000 e. The van der Waals surface area contributed by atoms with Crippen molar-refractivity contribution in [2.24, 2.45) is 11.7 Å². The first-order chi connectivity index (χ1) is 8.76. The maximum absolute atomic E-state index is 13.4. The van der Waals surface area contributed by atoms with Gasteiger partial charge in [0.05, 0.1) is 5.83 Å². The lowest BCUT2D eigenvalue weighted by Crippen LogP contribution is -2.26. The van der Waals surface area contributed by atoms with E-state index in [9.17, 15) is 8.60 Å². The van der Waals surface area contributed by atoms with Gasteiger partial charge in [-0.05, 0) is 56.7 Å². The van der Waals surface area contributed by atoms with Gasteiger partial charge in [-0.25, -0.2) is 8.60 Å². The van der Waals surface area contributed by atoms with Crippen molar-refractivity contribution in [3.63, 3.8) is 0 Å². The van der Waals surface area contributed by atoms with Gasteiger partial charge in [-0.15, -0.1) is 0 Å². The van der Waals surface area contributed by atoms with Crippen LogP contribution < -0.4 is 10.5 Å². The molecule has 3 N–H and O–H groups in total. The third-order valence-corrected chi connectivity index (χ3v) is 4.23. The Bertz CT molecular complexity index is 411. The van der Waals surface area contributed by atoms with E-state index < -0.39 is 9.71 Å². The summed E-state index contributed by atoms with van der Waals surface area (Å²) in [6, 6.07) is 0. The monoisotopic (exact) mass is 290 g/mol. The van der Waals surface area contributed by atoms with Crippen molar-refractivity contribution >= 4 is 15.6 Å². The van der Waals surface area contributed by atoms with Crippen LogP contribution >= 0.6 is 0 Å². The first-order valence-corrected chi connectivity index (χ1v) is 8.52. The molecule has 0 aromatic rings. The molecule has 0 heterocycles. The van der Waals surface area contributed by atoms with E-state index in [1.165, 1.54) is 6.08 Å². The Morgan fingerprint density at radius 1 is 1.42 bits per heavy atom. The van der Waals surface area contributed by atoms with E-state index in [0.29, 0.717) is 30.3 Å². The lowest BCUT2D eigenvalue weighted by Gasteiger charge is -2.14. The third kappa shape index (κ3) is 10.8. The predicted molar refractivity (Wildman–Crippen MR) is 84.0 cm³/mol. The van der Waals surface area contributed by atoms with Gasteiger partial charge in [0.2, 0.25) is 0 Å². The van der Waals surface area contributed by atoms with Crippen LogP contribution in [0.25, 0.3) is 0 Å². The Balaban J connectivity index is 4.37. The van der Waals surface area contributed by atoms with Crippen molar-refractivity contribution in [2.75, 3.05) is 12.3 Å². The van der Waals surface area contributed by atoms with E-state index in [0.717, 1.165) is 12.8 Å². The topological polar surface area (TPSA) is 55.1 Å². The number of rotatable bonds is 9. The second kappa shape index (κ2) is 9.15. The molecule has 0 saturated heterocycles. The number of allylic oxidation sites excluding steroid dienone is 4. The zero-order valence-electron chi connectivity index (χ0n) is 12.2. The predicted octanol–water partition coefficient (Wildman–Crippen LogP) is 2.75. The highest BCUT2D eigenvalue weighted by Gasteiger charge is 2.06. The standard InChI is InChI=1S/C14H27FN2OS/c1-12(2)11-19(4,18)17-13(3)8-9-14(15)7-5-6-10-16/h8-9,12H,4-7,10-11,16H2,1-3H3,(H,17,18)/b13-8+,14-9+. The molecular formula is C14H27FN2OS. The lowest BCUT2D eigenvalue weighted by atomic mass is 10.2. The molecule has 0 fully saturated rings. The summed E-state index contributed by atoms with van der Waals surface area (Å²) < 4.78 is 28.3. The SMILES string of the molecule is C=S(=O)(CC(C)C)N/C(C)=C/C=C(/F)CCCCN. The molecule has 1 atom stereocenters. The van der Waals surface area contributed by atoms with Crippen LogP contribution in [0.5, 0.6) is 0 Å². The van der Waals surface area contributed by atoms with Crippen LogP contribution in [-0.2, 0) is 9.71 Å². The van der Waals surface area contributed by atoms with E-state index in [-0.39, 0.29) is 5.83 Å². The average Bonchev–Trinajstić information content (AvgIpc) is 2.24. The van der Waals surface area contributed by atoms with Gasteiger partial charge in [-0.2, -0.15) is 0 Å². The van der Waals surface area contributed by atoms with Crippen LogP contribution in [0.15, 0.2) is 23.7 Å². The Kier molecular flexibility index (Phi) is 8.76. The molecule has 0 aromatic heterocycles. The van der Waals surface area contributed by atoms with Crippen molar-refractivity contribution in [1.82, 2.24) is 4.72 Å². The number of nitrogens with one attached hydrogen (secondary N) is 1. The summed E-state index contributed by atoms with van der Waals surface area (Å²) in [5.74, 6) is 4.30. The molecule has 0 spiro atoms. The summed E-state index contributed by atoms with van der Waals surface area (Å²) in [6.07, 6.45) is 4.97. The quantitative estimate of drug-likeness (QED) is 0.390. The zero-order chi connectivity index (χ0) is 14.9. The van der Waals surface area contributed by atoms with Gasteiger partial charge in [0.1, 0.15) is 0 Å². The van der Waals surface area contributed by atoms with Crippen LogP contribution in [0, 0.1) is 5.92 Å². The fourth-order valence-electron chi connectivity index (χ4n) is 1.64. The van der Waals surface area contributed by atoms with Crippen LogP contribution in [-0.4, -0.2) is 22.4 Å². The zero-order valence-corrected chi connectivity index (χ0v) is 13.1. The number of halogens is 1. The van der Waals surface area contributed by atoms with Crippen LogP contribution in [0.1, 0.15) is 40.0 Å². The minimum Gasteiger partial charge on any atom is -0.330 e. The normalized spacial score (nSPS) is 16.5. The van der Waals surface area contributed by atoms with E-state index in [2.05, 4.69) is 10.6 Å². The summed E-state index contributed by atoms with van der Waals surface area (Å²) in [5, 5.41) is 0. The van der Waals surface area contributed by atoms with Gasteiger partial charge in [-0.3, -0.25) is 0 Å². The second-order valence-electron chi connectivity index (χ2n) is 5.18. The number of hydrogen-bond acceptors (Lipinski definition) is 2. The van der Waals surface area contributed by atoms with E-state index in [1.54, 1.807) is 13.0 Å². The Morgan fingerprint density at radius 3 is 2.58 bits per heavy atom. The van der Waals surface area contributed by atoms with Gasteiger partial charge in [0.15, 0.2) is 0 Å². The maximum Gasteiger partial charge on any atom is 0.1000 e. The van der Waals surface area contributed by atoms with Crippen LogP contribution in [0.3, 0.4) is 0 Å². The number of unbranched alkanes of at least 4 members (excludes halogenated alkanes) is 1. The largest absolute Gasteiger partial charge is 0.330 e. The van der Waals surface area contributed by atoms with Crippen molar-refractivity contribution in [1.29, 1.82) is 0 Å². The first-order valence-electron chi connectivity index (χ1n) is 6.62. The molecule has 0 aromatic carbocycles. The molecular weight excluding hydrogens is 263 g/mol. The molecule has 0 aliphatic carbocycles.